The van der Waals surface area contributed by atoms with Gasteiger partial charge in [0.2, 0.25) is 5.91 Å². The fourth-order valence-electron chi connectivity index (χ4n) is 2.80. The molecule has 1 unspecified atom stereocenters. The van der Waals surface area contributed by atoms with Crippen LogP contribution in [0.25, 0.3) is 0 Å². The van der Waals surface area contributed by atoms with Gasteiger partial charge < -0.3 is 15.4 Å². The average Bonchev–Trinajstić information content (AvgIpc) is 3.02. The van der Waals surface area contributed by atoms with E-state index in [1.165, 1.54) is 12.0 Å². The van der Waals surface area contributed by atoms with E-state index >= 15 is 0 Å². The minimum absolute atomic E-state index is 0.114. The molecule has 1 atom stereocenters. The molecule has 2 N–H and O–H groups in total. The van der Waals surface area contributed by atoms with Crippen LogP contribution in [-0.2, 0) is 10.2 Å². The molecule has 1 fully saturated rings. The Kier molecular flexibility index (Phi) is 6.46. The molecule has 1 amide bonds. The van der Waals surface area contributed by atoms with Gasteiger partial charge in [0.15, 0.2) is 0 Å². The number of hydrogen-bond acceptors (Lipinski definition) is 3. The summed E-state index contributed by atoms with van der Waals surface area (Å²) >= 11 is 0. The molecular weight excluding hydrogens is 288 g/mol. The Labute approximate surface area is 140 Å². The number of hydrogen-bond donors (Lipinski definition) is 2. The summed E-state index contributed by atoms with van der Waals surface area (Å²) in [5, 5.41) is 6.27. The molecule has 1 saturated heterocycles. The number of amides is 1. The van der Waals surface area contributed by atoms with Crippen LogP contribution in [-0.4, -0.2) is 32.1 Å². The summed E-state index contributed by atoms with van der Waals surface area (Å²) in [6.07, 6.45) is 2.79. The van der Waals surface area contributed by atoms with Crippen LogP contribution in [0.15, 0.2) is 24.3 Å². The van der Waals surface area contributed by atoms with Gasteiger partial charge in [-0.05, 0) is 55.0 Å². The van der Waals surface area contributed by atoms with E-state index in [4.69, 9.17) is 4.74 Å². The van der Waals surface area contributed by atoms with Crippen LogP contribution < -0.4 is 15.4 Å². The SMILES string of the molecule is CC(C)(C)c1cccc(OCCNC(=O)CCC2CCNC2)c1. The van der Waals surface area contributed by atoms with Crippen molar-refractivity contribution in [1.29, 1.82) is 0 Å². The molecule has 4 nitrogen and oxygen atoms in total. The molecule has 0 radical (unpaired) electrons. The van der Waals surface area contributed by atoms with Crippen molar-refractivity contribution >= 4 is 5.91 Å². The van der Waals surface area contributed by atoms with Crippen molar-refractivity contribution < 1.29 is 9.53 Å². The predicted octanol–water partition coefficient (Wildman–Crippen LogP) is 2.87. The van der Waals surface area contributed by atoms with E-state index in [2.05, 4.69) is 43.5 Å². The number of benzene rings is 1. The molecule has 4 heteroatoms. The second-order valence-electron chi connectivity index (χ2n) is 7.37. The summed E-state index contributed by atoms with van der Waals surface area (Å²) in [4.78, 5) is 11.8. The van der Waals surface area contributed by atoms with E-state index in [0.29, 0.717) is 25.5 Å². The zero-order valence-corrected chi connectivity index (χ0v) is 14.7. The Bertz CT molecular complexity index is 502. The predicted molar refractivity (Wildman–Crippen MR) is 93.9 cm³/mol. The lowest BCUT2D eigenvalue weighted by Crippen LogP contribution is -2.28. The van der Waals surface area contributed by atoms with Crippen molar-refractivity contribution in [3.8, 4) is 5.75 Å². The largest absolute Gasteiger partial charge is 0.492 e. The molecule has 1 aromatic rings. The fourth-order valence-corrected chi connectivity index (χ4v) is 2.80. The van der Waals surface area contributed by atoms with Crippen LogP contribution in [0.4, 0.5) is 0 Å². The van der Waals surface area contributed by atoms with E-state index in [-0.39, 0.29) is 11.3 Å². The minimum Gasteiger partial charge on any atom is -0.492 e. The number of carbonyl (C=O) groups is 1. The zero-order chi connectivity index (χ0) is 16.7. The molecule has 128 valence electrons. The molecule has 0 spiro atoms. The highest BCUT2D eigenvalue weighted by atomic mass is 16.5. The van der Waals surface area contributed by atoms with Crippen LogP contribution in [0.1, 0.15) is 45.6 Å². The lowest BCUT2D eigenvalue weighted by atomic mass is 9.87. The summed E-state index contributed by atoms with van der Waals surface area (Å²) in [7, 11) is 0. The van der Waals surface area contributed by atoms with Gasteiger partial charge >= 0.3 is 0 Å². The summed E-state index contributed by atoms with van der Waals surface area (Å²) < 4.78 is 5.75. The highest BCUT2D eigenvalue weighted by Crippen LogP contribution is 2.25. The van der Waals surface area contributed by atoms with Gasteiger partial charge in [-0.25, -0.2) is 0 Å². The van der Waals surface area contributed by atoms with Gasteiger partial charge in [-0.2, -0.15) is 0 Å². The number of rotatable bonds is 7. The second-order valence-corrected chi connectivity index (χ2v) is 7.37. The topological polar surface area (TPSA) is 50.4 Å². The third-order valence-electron chi connectivity index (χ3n) is 4.34. The van der Waals surface area contributed by atoms with E-state index in [0.717, 1.165) is 25.3 Å². The van der Waals surface area contributed by atoms with E-state index in [9.17, 15) is 4.79 Å². The Morgan fingerprint density at radius 2 is 2.22 bits per heavy atom. The maximum atomic E-state index is 11.8. The standard InChI is InChI=1S/C19H30N2O2/c1-19(2,3)16-5-4-6-17(13-16)23-12-11-21-18(22)8-7-15-9-10-20-14-15/h4-6,13,15,20H,7-12,14H2,1-3H3,(H,21,22). The summed E-state index contributed by atoms with van der Waals surface area (Å²) in [5.41, 5.74) is 1.37. The molecule has 1 aliphatic rings. The van der Waals surface area contributed by atoms with Gasteiger partial charge in [-0.3, -0.25) is 4.79 Å². The van der Waals surface area contributed by atoms with Gasteiger partial charge in [-0.15, -0.1) is 0 Å². The maximum Gasteiger partial charge on any atom is 0.220 e. The first kappa shape index (κ1) is 17.8. The number of carbonyl (C=O) groups excluding carboxylic acids is 1. The van der Waals surface area contributed by atoms with Crippen molar-refractivity contribution in [3.63, 3.8) is 0 Å². The summed E-state index contributed by atoms with van der Waals surface area (Å²) in [5.74, 6) is 1.66. The smallest absolute Gasteiger partial charge is 0.220 e. The van der Waals surface area contributed by atoms with E-state index in [1.54, 1.807) is 0 Å². The Morgan fingerprint density at radius 3 is 2.91 bits per heavy atom. The first-order chi connectivity index (χ1) is 10.9. The van der Waals surface area contributed by atoms with Crippen molar-refractivity contribution in [2.45, 2.75) is 45.4 Å². The zero-order valence-electron chi connectivity index (χ0n) is 14.7. The molecule has 0 aromatic heterocycles. The van der Waals surface area contributed by atoms with Crippen molar-refractivity contribution in [2.75, 3.05) is 26.2 Å². The van der Waals surface area contributed by atoms with Crippen molar-refractivity contribution in [1.82, 2.24) is 10.6 Å². The summed E-state index contributed by atoms with van der Waals surface area (Å²) in [6.45, 7) is 9.77. The van der Waals surface area contributed by atoms with Crippen LogP contribution in [0.3, 0.4) is 0 Å². The molecule has 2 rings (SSSR count). The second kappa shape index (κ2) is 8.34. The molecular formula is C19H30N2O2. The summed E-state index contributed by atoms with van der Waals surface area (Å²) in [6, 6.07) is 8.18. The third-order valence-corrected chi connectivity index (χ3v) is 4.34. The lowest BCUT2D eigenvalue weighted by Gasteiger charge is -2.19. The van der Waals surface area contributed by atoms with Gasteiger partial charge in [-0.1, -0.05) is 32.9 Å². The number of nitrogens with one attached hydrogen (secondary N) is 2. The third kappa shape index (κ3) is 6.22. The first-order valence-electron chi connectivity index (χ1n) is 8.66. The van der Waals surface area contributed by atoms with Crippen LogP contribution in [0.5, 0.6) is 5.75 Å². The molecule has 1 aromatic carbocycles. The molecule has 1 heterocycles. The van der Waals surface area contributed by atoms with Crippen molar-refractivity contribution in [3.05, 3.63) is 29.8 Å². The molecule has 23 heavy (non-hydrogen) atoms. The first-order valence-corrected chi connectivity index (χ1v) is 8.66. The lowest BCUT2D eigenvalue weighted by molar-refractivity contribution is -0.121. The average molecular weight is 318 g/mol. The van der Waals surface area contributed by atoms with E-state index < -0.39 is 0 Å². The molecule has 0 aliphatic carbocycles. The van der Waals surface area contributed by atoms with Crippen LogP contribution >= 0.6 is 0 Å². The van der Waals surface area contributed by atoms with Crippen LogP contribution in [0, 0.1) is 5.92 Å². The Hall–Kier alpha value is -1.55. The Balaban J connectivity index is 1.64. The van der Waals surface area contributed by atoms with Gasteiger partial charge in [0.25, 0.3) is 0 Å². The van der Waals surface area contributed by atoms with Gasteiger partial charge in [0.1, 0.15) is 12.4 Å². The fraction of sp³-hybridized carbons (Fsp3) is 0.632. The van der Waals surface area contributed by atoms with Gasteiger partial charge in [0, 0.05) is 6.42 Å². The monoisotopic (exact) mass is 318 g/mol. The quantitative estimate of drug-likeness (QED) is 0.760. The maximum absolute atomic E-state index is 11.8. The van der Waals surface area contributed by atoms with Gasteiger partial charge in [0.05, 0.1) is 6.54 Å². The highest BCUT2D eigenvalue weighted by molar-refractivity contribution is 5.75. The molecule has 1 aliphatic heterocycles. The minimum atomic E-state index is 0.114. The molecule has 0 saturated carbocycles. The highest BCUT2D eigenvalue weighted by Gasteiger charge is 2.16. The Morgan fingerprint density at radius 1 is 1.39 bits per heavy atom. The molecule has 0 bridgehead atoms. The number of ether oxygens (including phenoxy) is 1. The van der Waals surface area contributed by atoms with Crippen LogP contribution in [0.2, 0.25) is 0 Å². The van der Waals surface area contributed by atoms with E-state index in [1.807, 2.05) is 12.1 Å². The normalized spacial score (nSPS) is 18.0. The van der Waals surface area contributed by atoms with Crippen molar-refractivity contribution in [2.24, 2.45) is 5.92 Å².